The van der Waals surface area contributed by atoms with E-state index < -0.39 is 0 Å². The van der Waals surface area contributed by atoms with Crippen LogP contribution in [0.25, 0.3) is 0 Å². The second kappa shape index (κ2) is 4.05. The van der Waals surface area contributed by atoms with Gasteiger partial charge in [-0.2, -0.15) is 11.3 Å². The highest BCUT2D eigenvalue weighted by molar-refractivity contribution is 7.08. The third-order valence-corrected chi connectivity index (χ3v) is 2.07. The molecule has 0 unspecified atom stereocenters. The van der Waals surface area contributed by atoms with Crippen molar-refractivity contribution in [2.75, 3.05) is 13.6 Å². The number of rotatable bonds is 1. The fourth-order valence-electron chi connectivity index (χ4n) is 0.575. The molecule has 0 fully saturated rings. The summed E-state index contributed by atoms with van der Waals surface area (Å²) in [5, 5.41) is 4.09. The van der Waals surface area contributed by atoms with Gasteiger partial charge in [0, 0.05) is 30.6 Å². The van der Waals surface area contributed by atoms with Crippen LogP contribution in [-0.4, -0.2) is 18.5 Å². The van der Waals surface area contributed by atoms with Crippen LogP contribution in [0.5, 0.6) is 0 Å². The van der Waals surface area contributed by atoms with Gasteiger partial charge in [-0.15, -0.1) is 0 Å². The highest BCUT2D eigenvalue weighted by atomic mass is 32.1. The number of thiophene rings is 1. The number of nitrogens with zero attached hydrogens (tertiary/aromatic N) is 1. The van der Waals surface area contributed by atoms with Crippen molar-refractivity contribution in [1.82, 2.24) is 4.90 Å². The van der Waals surface area contributed by atoms with Crippen LogP contribution in [0.2, 0.25) is 0 Å². The highest BCUT2D eigenvalue weighted by Gasteiger charge is 1.85. The first-order valence-corrected chi connectivity index (χ1v) is 4.52. The van der Waals surface area contributed by atoms with Gasteiger partial charge in [-0.25, -0.2) is 0 Å². The predicted molar refractivity (Wildman–Crippen MR) is 49.5 cm³/mol. The Hall–Kier alpha value is -0.940. The lowest BCUT2D eigenvalue weighted by Gasteiger charge is -2.03. The van der Waals surface area contributed by atoms with Gasteiger partial charge in [0.15, 0.2) is 0 Å². The molecule has 0 aliphatic rings. The molecule has 1 nitrogen and oxygen atoms in total. The number of hydrogen-bond acceptors (Lipinski definition) is 2. The molecule has 0 N–H and O–H groups in total. The Morgan fingerprint density at radius 2 is 2.45 bits per heavy atom. The van der Waals surface area contributed by atoms with Crippen LogP contribution in [0, 0.1) is 12.0 Å². The van der Waals surface area contributed by atoms with Crippen LogP contribution in [0.15, 0.2) is 16.8 Å². The van der Waals surface area contributed by atoms with E-state index in [0.717, 1.165) is 12.1 Å². The lowest BCUT2D eigenvalue weighted by molar-refractivity contribution is 0.512. The Bertz CT molecular complexity index is 253. The molecule has 58 valence electrons. The second-order valence-electron chi connectivity index (χ2n) is 2.26. The van der Waals surface area contributed by atoms with E-state index in [1.54, 1.807) is 11.3 Å². The molecule has 0 saturated carbocycles. The van der Waals surface area contributed by atoms with Gasteiger partial charge in [0.2, 0.25) is 0 Å². The molecule has 0 spiro atoms. The first-order chi connectivity index (χ1) is 5.33. The van der Waals surface area contributed by atoms with Gasteiger partial charge in [-0.05, 0) is 24.3 Å². The van der Waals surface area contributed by atoms with Crippen molar-refractivity contribution in [3.8, 4) is 12.0 Å². The maximum absolute atomic E-state index is 3.06. The lowest BCUT2D eigenvalue weighted by Crippen LogP contribution is -2.08. The Balaban J connectivity index is 2.58. The summed E-state index contributed by atoms with van der Waals surface area (Å²) in [4.78, 5) is 1.97. The zero-order chi connectivity index (χ0) is 8.10. The Morgan fingerprint density at radius 1 is 1.64 bits per heavy atom. The van der Waals surface area contributed by atoms with Crippen molar-refractivity contribution in [3.63, 3.8) is 0 Å². The molecule has 0 aliphatic carbocycles. The summed E-state index contributed by atoms with van der Waals surface area (Å²) in [5.74, 6) is 3.06. The van der Waals surface area contributed by atoms with E-state index in [0.29, 0.717) is 0 Å². The summed E-state index contributed by atoms with van der Waals surface area (Å²) >= 11 is 1.68. The predicted octanol–water partition coefficient (Wildman–Crippen LogP) is 2.01. The minimum Gasteiger partial charge on any atom is -0.336 e. The standard InChI is InChI=1S/C9H11NS/c1-3-10(2)6-4-9-5-7-11-8-9/h5,7-8H,3H2,1-2H3. The van der Waals surface area contributed by atoms with Crippen molar-refractivity contribution < 1.29 is 0 Å². The normalized spacial score (nSPS) is 8.55. The van der Waals surface area contributed by atoms with E-state index in [9.17, 15) is 0 Å². The summed E-state index contributed by atoms with van der Waals surface area (Å²) in [6, 6.07) is 5.05. The van der Waals surface area contributed by atoms with E-state index in [4.69, 9.17) is 0 Å². The van der Waals surface area contributed by atoms with E-state index in [1.165, 1.54) is 0 Å². The average Bonchev–Trinajstić information content (AvgIpc) is 2.52. The first kappa shape index (κ1) is 8.16. The molecule has 0 bridgehead atoms. The largest absolute Gasteiger partial charge is 0.336 e. The summed E-state index contributed by atoms with van der Waals surface area (Å²) in [7, 11) is 1.99. The minimum atomic E-state index is 0.969. The summed E-state index contributed by atoms with van der Waals surface area (Å²) in [6.07, 6.45) is 0. The molecule has 0 aliphatic heterocycles. The highest BCUT2D eigenvalue weighted by Crippen LogP contribution is 2.02. The molecule has 1 aromatic heterocycles. The maximum Gasteiger partial charge on any atom is 0.0370 e. The van der Waals surface area contributed by atoms with E-state index in [1.807, 2.05) is 23.4 Å². The topological polar surface area (TPSA) is 3.24 Å². The lowest BCUT2D eigenvalue weighted by atomic mass is 10.4. The zero-order valence-corrected chi connectivity index (χ0v) is 7.61. The van der Waals surface area contributed by atoms with E-state index in [-0.39, 0.29) is 0 Å². The van der Waals surface area contributed by atoms with Crippen LogP contribution in [0.1, 0.15) is 12.5 Å². The summed E-state index contributed by atoms with van der Waals surface area (Å²) in [5.41, 5.74) is 1.11. The summed E-state index contributed by atoms with van der Waals surface area (Å²) in [6.45, 7) is 3.05. The molecule has 1 heterocycles. The smallest absolute Gasteiger partial charge is 0.0370 e. The molecular weight excluding hydrogens is 154 g/mol. The Kier molecular flexibility index (Phi) is 3.00. The van der Waals surface area contributed by atoms with Crippen LogP contribution in [-0.2, 0) is 0 Å². The van der Waals surface area contributed by atoms with Crippen LogP contribution in [0.3, 0.4) is 0 Å². The Morgan fingerprint density at radius 3 is 3.00 bits per heavy atom. The van der Waals surface area contributed by atoms with Crippen molar-refractivity contribution in [2.45, 2.75) is 6.92 Å². The minimum absolute atomic E-state index is 0.969. The van der Waals surface area contributed by atoms with E-state index in [2.05, 4.69) is 24.3 Å². The van der Waals surface area contributed by atoms with Crippen molar-refractivity contribution >= 4 is 11.3 Å². The van der Waals surface area contributed by atoms with E-state index >= 15 is 0 Å². The molecule has 0 aromatic carbocycles. The first-order valence-electron chi connectivity index (χ1n) is 3.58. The van der Waals surface area contributed by atoms with Crippen LogP contribution >= 0.6 is 11.3 Å². The van der Waals surface area contributed by atoms with Gasteiger partial charge in [-0.1, -0.05) is 0 Å². The molecule has 2 heteroatoms. The third-order valence-electron chi connectivity index (χ3n) is 1.39. The maximum atomic E-state index is 3.06. The summed E-state index contributed by atoms with van der Waals surface area (Å²) < 4.78 is 0. The molecule has 1 rings (SSSR count). The zero-order valence-electron chi connectivity index (χ0n) is 6.79. The van der Waals surface area contributed by atoms with Gasteiger partial charge in [0.1, 0.15) is 0 Å². The van der Waals surface area contributed by atoms with Gasteiger partial charge < -0.3 is 4.90 Å². The quantitative estimate of drug-likeness (QED) is 0.454. The molecule has 0 amide bonds. The molecule has 0 atom stereocenters. The third kappa shape index (κ3) is 2.65. The number of hydrogen-bond donors (Lipinski definition) is 0. The molecule has 0 radical (unpaired) electrons. The van der Waals surface area contributed by atoms with Crippen LogP contribution < -0.4 is 0 Å². The van der Waals surface area contributed by atoms with Crippen LogP contribution in [0.4, 0.5) is 0 Å². The molecular formula is C9H11NS. The van der Waals surface area contributed by atoms with Crippen molar-refractivity contribution in [3.05, 3.63) is 22.4 Å². The van der Waals surface area contributed by atoms with Gasteiger partial charge in [0.25, 0.3) is 0 Å². The Labute approximate surface area is 71.7 Å². The monoisotopic (exact) mass is 165 g/mol. The molecule has 11 heavy (non-hydrogen) atoms. The van der Waals surface area contributed by atoms with Gasteiger partial charge >= 0.3 is 0 Å². The van der Waals surface area contributed by atoms with Crippen molar-refractivity contribution in [1.29, 1.82) is 0 Å². The molecule has 1 aromatic rings. The fraction of sp³-hybridized carbons (Fsp3) is 0.333. The van der Waals surface area contributed by atoms with Gasteiger partial charge in [-0.3, -0.25) is 0 Å². The van der Waals surface area contributed by atoms with Crippen molar-refractivity contribution in [2.24, 2.45) is 0 Å². The van der Waals surface area contributed by atoms with Gasteiger partial charge in [0.05, 0.1) is 0 Å². The SMILES string of the molecule is CCN(C)C#Cc1ccsc1. The fourth-order valence-corrected chi connectivity index (χ4v) is 1.16. The molecule has 0 saturated heterocycles. The second-order valence-corrected chi connectivity index (χ2v) is 3.04. The average molecular weight is 165 g/mol.